The highest BCUT2D eigenvalue weighted by molar-refractivity contribution is 5.02. The number of hydrogen-bond donors (Lipinski definition) is 0. The van der Waals surface area contributed by atoms with Crippen molar-refractivity contribution in [3.8, 4) is 0 Å². The molecule has 0 saturated carbocycles. The van der Waals surface area contributed by atoms with E-state index in [0.717, 1.165) is 32.5 Å². The van der Waals surface area contributed by atoms with E-state index in [1.165, 1.54) is 0 Å². The Kier molecular flexibility index (Phi) is 6.03. The molecule has 26 heavy (non-hydrogen) atoms. The molecule has 0 bridgehead atoms. The van der Waals surface area contributed by atoms with Crippen LogP contribution in [-0.2, 0) is 23.8 Å². The van der Waals surface area contributed by atoms with Gasteiger partial charge in [0.15, 0.2) is 5.79 Å². The van der Waals surface area contributed by atoms with E-state index >= 15 is 0 Å². The molecule has 0 N–H and O–H groups in total. The largest absolute Gasteiger partial charge is 0.376 e. The number of nitrogens with zero attached hydrogens (tertiary/aromatic N) is 1. The number of epoxide rings is 1. The minimum Gasteiger partial charge on any atom is -0.376 e. The Hall–Kier alpha value is -0.240. The van der Waals surface area contributed by atoms with Gasteiger partial charge in [-0.1, -0.05) is 13.8 Å². The van der Waals surface area contributed by atoms with Crippen LogP contribution in [0.2, 0.25) is 0 Å². The van der Waals surface area contributed by atoms with E-state index < -0.39 is 5.79 Å². The molecule has 3 saturated heterocycles. The van der Waals surface area contributed by atoms with Gasteiger partial charge in [0.2, 0.25) is 0 Å². The number of ether oxygens (including phenoxy) is 4. The third-order valence-corrected chi connectivity index (χ3v) is 5.53. The molecule has 3 aliphatic heterocycles. The second-order valence-electron chi connectivity index (χ2n) is 9.45. The fraction of sp³-hybridized carbons (Fsp3) is 1.00. The molecule has 3 atom stereocenters. The van der Waals surface area contributed by atoms with Gasteiger partial charge in [-0.05, 0) is 34.1 Å². The quantitative estimate of drug-likeness (QED) is 0.641. The molecule has 3 unspecified atom stereocenters. The van der Waals surface area contributed by atoms with E-state index in [4.69, 9.17) is 23.8 Å². The predicted octanol–water partition coefficient (Wildman–Crippen LogP) is 3.14. The van der Waals surface area contributed by atoms with Crippen molar-refractivity contribution in [3.63, 3.8) is 0 Å². The lowest BCUT2D eigenvalue weighted by molar-refractivity contribution is -0.388. The van der Waals surface area contributed by atoms with E-state index in [2.05, 4.69) is 46.6 Å². The Bertz CT molecular complexity index is 459. The Morgan fingerprint density at radius 3 is 2.27 bits per heavy atom. The number of rotatable bonds is 7. The van der Waals surface area contributed by atoms with E-state index in [0.29, 0.717) is 25.7 Å². The number of hydrogen-bond acceptors (Lipinski definition) is 6. The first-order chi connectivity index (χ1) is 12.2. The van der Waals surface area contributed by atoms with Gasteiger partial charge >= 0.3 is 0 Å². The maximum atomic E-state index is 6.58. The lowest BCUT2D eigenvalue weighted by Crippen LogP contribution is -2.68. The van der Waals surface area contributed by atoms with Crippen LogP contribution < -0.4 is 0 Å². The van der Waals surface area contributed by atoms with E-state index in [1.54, 1.807) is 0 Å². The van der Waals surface area contributed by atoms with Crippen molar-refractivity contribution in [2.24, 2.45) is 5.92 Å². The molecular formula is C20H37NO5. The zero-order chi connectivity index (χ0) is 19.0. The highest BCUT2D eigenvalue weighted by atomic mass is 16.7. The van der Waals surface area contributed by atoms with Crippen LogP contribution >= 0.6 is 0 Å². The molecule has 0 radical (unpaired) electrons. The van der Waals surface area contributed by atoms with Crippen LogP contribution in [0.3, 0.4) is 0 Å². The molecule has 0 aromatic heterocycles. The smallest absolute Gasteiger partial charge is 0.172 e. The molecule has 6 heteroatoms. The van der Waals surface area contributed by atoms with Crippen molar-refractivity contribution in [3.05, 3.63) is 0 Å². The van der Waals surface area contributed by atoms with Crippen LogP contribution in [-0.4, -0.2) is 67.2 Å². The maximum Gasteiger partial charge on any atom is 0.172 e. The first kappa shape index (κ1) is 20.5. The van der Waals surface area contributed by atoms with Gasteiger partial charge < -0.3 is 18.9 Å². The normalized spacial score (nSPS) is 35.5. The molecule has 3 rings (SSSR count). The summed E-state index contributed by atoms with van der Waals surface area (Å²) in [6.45, 7) is 16.7. The van der Waals surface area contributed by atoms with Crippen LogP contribution in [0.1, 0.15) is 60.8 Å². The van der Waals surface area contributed by atoms with Gasteiger partial charge in [0.25, 0.3) is 0 Å². The number of hydroxylamine groups is 2. The van der Waals surface area contributed by atoms with Crippen molar-refractivity contribution in [2.75, 3.05) is 33.0 Å². The molecule has 0 aromatic rings. The van der Waals surface area contributed by atoms with Gasteiger partial charge in [-0.2, -0.15) is 5.06 Å². The molecule has 1 spiro atoms. The Morgan fingerprint density at radius 1 is 1.04 bits per heavy atom. The average molecular weight is 372 g/mol. The van der Waals surface area contributed by atoms with Gasteiger partial charge in [0, 0.05) is 29.8 Å². The molecule has 0 amide bonds. The van der Waals surface area contributed by atoms with Gasteiger partial charge in [-0.25, -0.2) is 0 Å². The van der Waals surface area contributed by atoms with Crippen molar-refractivity contribution in [1.29, 1.82) is 0 Å². The first-order valence-electron chi connectivity index (χ1n) is 10.1. The summed E-state index contributed by atoms with van der Waals surface area (Å²) in [5.41, 5.74) is -0.352. The molecule has 152 valence electrons. The minimum absolute atomic E-state index is 0.0530. The van der Waals surface area contributed by atoms with Gasteiger partial charge in [-0.15, -0.1) is 0 Å². The summed E-state index contributed by atoms with van der Waals surface area (Å²) in [5, 5.41) is 2.16. The summed E-state index contributed by atoms with van der Waals surface area (Å²) < 4.78 is 24.0. The minimum atomic E-state index is -0.574. The van der Waals surface area contributed by atoms with Gasteiger partial charge in [-0.3, -0.25) is 4.84 Å². The fourth-order valence-corrected chi connectivity index (χ4v) is 4.56. The van der Waals surface area contributed by atoms with E-state index in [-0.39, 0.29) is 23.3 Å². The Morgan fingerprint density at radius 2 is 1.69 bits per heavy atom. The third kappa shape index (κ3) is 4.59. The summed E-state index contributed by atoms with van der Waals surface area (Å²) >= 11 is 0. The first-order valence-corrected chi connectivity index (χ1v) is 10.1. The summed E-state index contributed by atoms with van der Waals surface area (Å²) in [6.07, 6.45) is 2.90. The standard InChI is InChI=1S/C20H37NO5/c1-7-8-25-21-18(3,4)13-20(14-19(21,5)6)24-9-15(2)17(26-20)12-22-10-16-11-23-16/h15-17H,7-14H2,1-6H3. The lowest BCUT2D eigenvalue weighted by Gasteiger charge is -2.59. The SMILES string of the molecule is CCCON1C(C)(C)CC2(CC1(C)C)OCC(C)C(COCC1CO1)O2. The Balaban J connectivity index is 1.67. The van der Waals surface area contributed by atoms with Crippen LogP contribution in [0.25, 0.3) is 0 Å². The molecule has 3 heterocycles. The van der Waals surface area contributed by atoms with Crippen LogP contribution in [0.4, 0.5) is 0 Å². The van der Waals surface area contributed by atoms with Crippen LogP contribution in [0.15, 0.2) is 0 Å². The van der Waals surface area contributed by atoms with Gasteiger partial charge in [0.1, 0.15) is 6.10 Å². The highest BCUT2D eigenvalue weighted by Gasteiger charge is 2.57. The molecule has 3 aliphatic rings. The molecule has 0 aliphatic carbocycles. The van der Waals surface area contributed by atoms with Crippen molar-refractivity contribution in [1.82, 2.24) is 5.06 Å². The summed E-state index contributed by atoms with van der Waals surface area (Å²) in [5.74, 6) is -0.253. The maximum absolute atomic E-state index is 6.58. The van der Waals surface area contributed by atoms with Crippen molar-refractivity contribution < 1.29 is 23.8 Å². The summed E-state index contributed by atoms with van der Waals surface area (Å²) in [6, 6.07) is 0. The monoisotopic (exact) mass is 371 g/mol. The molecule has 3 fully saturated rings. The van der Waals surface area contributed by atoms with Gasteiger partial charge in [0.05, 0.1) is 39.1 Å². The zero-order valence-corrected chi connectivity index (χ0v) is 17.4. The van der Waals surface area contributed by atoms with Crippen molar-refractivity contribution in [2.45, 2.75) is 89.9 Å². The second kappa shape index (κ2) is 7.64. The topological polar surface area (TPSA) is 52.7 Å². The summed E-state index contributed by atoms with van der Waals surface area (Å²) in [4.78, 5) is 6.13. The van der Waals surface area contributed by atoms with E-state index in [1.807, 2.05) is 0 Å². The van der Waals surface area contributed by atoms with Crippen LogP contribution in [0.5, 0.6) is 0 Å². The number of piperidine rings is 1. The lowest BCUT2D eigenvalue weighted by atomic mass is 9.77. The Labute approximate surface area is 158 Å². The zero-order valence-electron chi connectivity index (χ0n) is 17.4. The molecular weight excluding hydrogens is 334 g/mol. The predicted molar refractivity (Wildman–Crippen MR) is 98.8 cm³/mol. The average Bonchev–Trinajstić information content (AvgIpc) is 3.33. The molecule has 6 nitrogen and oxygen atoms in total. The third-order valence-electron chi connectivity index (χ3n) is 5.53. The van der Waals surface area contributed by atoms with Crippen molar-refractivity contribution >= 4 is 0 Å². The van der Waals surface area contributed by atoms with E-state index in [9.17, 15) is 0 Å². The highest BCUT2D eigenvalue weighted by Crippen LogP contribution is 2.48. The van der Waals surface area contributed by atoms with Crippen LogP contribution in [0, 0.1) is 5.92 Å². The second-order valence-corrected chi connectivity index (χ2v) is 9.45. The fourth-order valence-electron chi connectivity index (χ4n) is 4.56. The summed E-state index contributed by atoms with van der Waals surface area (Å²) in [7, 11) is 0. The molecule has 0 aromatic carbocycles.